The molecule has 0 unspecified atom stereocenters. The fourth-order valence-electron chi connectivity index (χ4n) is 1.34. The highest BCUT2D eigenvalue weighted by Gasteiger charge is 2.07. The first-order valence-electron chi connectivity index (χ1n) is 5.12. The number of halogens is 1. The van der Waals surface area contributed by atoms with Crippen LogP contribution >= 0.6 is 0 Å². The fourth-order valence-corrected chi connectivity index (χ4v) is 1.34. The van der Waals surface area contributed by atoms with Crippen LogP contribution in [0.5, 0.6) is 5.75 Å². The number of ether oxygens (including phenoxy) is 1. The Balaban J connectivity index is 2.11. The number of benzene rings is 1. The molecule has 0 saturated carbocycles. The molecule has 0 aliphatic rings. The molecule has 6 nitrogen and oxygen atoms in total. The molecule has 3 N–H and O–H groups in total. The SMILES string of the molecule is NNC(=O)COc1cnn(-c2ccccc2F)c1. The lowest BCUT2D eigenvalue weighted by molar-refractivity contribution is -0.123. The average molecular weight is 250 g/mol. The number of hydrogen-bond acceptors (Lipinski definition) is 4. The first-order valence-corrected chi connectivity index (χ1v) is 5.12. The van der Waals surface area contributed by atoms with Gasteiger partial charge in [0.2, 0.25) is 0 Å². The highest BCUT2D eigenvalue weighted by atomic mass is 19.1. The maximum Gasteiger partial charge on any atom is 0.271 e. The first-order chi connectivity index (χ1) is 8.70. The van der Waals surface area contributed by atoms with Gasteiger partial charge < -0.3 is 4.74 Å². The Morgan fingerprint density at radius 1 is 1.50 bits per heavy atom. The molecule has 2 aromatic rings. The van der Waals surface area contributed by atoms with Crippen molar-refractivity contribution >= 4 is 5.91 Å². The van der Waals surface area contributed by atoms with Crippen molar-refractivity contribution in [2.75, 3.05) is 6.61 Å². The molecule has 0 saturated heterocycles. The number of aromatic nitrogens is 2. The molecule has 0 aliphatic heterocycles. The Bertz CT molecular complexity index is 555. The van der Waals surface area contributed by atoms with Crippen molar-refractivity contribution < 1.29 is 13.9 Å². The predicted octanol–water partition coefficient (Wildman–Crippen LogP) is 0.380. The average Bonchev–Trinajstić information content (AvgIpc) is 2.85. The van der Waals surface area contributed by atoms with Gasteiger partial charge >= 0.3 is 0 Å². The highest BCUT2D eigenvalue weighted by molar-refractivity contribution is 5.76. The smallest absolute Gasteiger partial charge is 0.271 e. The van der Waals surface area contributed by atoms with E-state index in [4.69, 9.17) is 10.6 Å². The monoisotopic (exact) mass is 250 g/mol. The lowest BCUT2D eigenvalue weighted by atomic mass is 10.3. The van der Waals surface area contributed by atoms with E-state index in [-0.39, 0.29) is 6.61 Å². The number of amides is 1. The number of nitrogens with one attached hydrogen (secondary N) is 1. The Morgan fingerprint density at radius 3 is 3.00 bits per heavy atom. The minimum Gasteiger partial charge on any atom is -0.480 e. The number of carbonyl (C=O) groups is 1. The number of nitrogens with two attached hydrogens (primary N) is 1. The van der Waals surface area contributed by atoms with Gasteiger partial charge in [0.05, 0.1) is 12.4 Å². The molecule has 1 amide bonds. The number of para-hydroxylation sites is 1. The van der Waals surface area contributed by atoms with Crippen LogP contribution in [0.3, 0.4) is 0 Å². The van der Waals surface area contributed by atoms with E-state index in [1.165, 1.54) is 23.1 Å². The standard InChI is InChI=1S/C11H11FN4O2/c12-9-3-1-2-4-10(9)16-6-8(5-14-16)18-7-11(17)15-13/h1-6H,7,13H2,(H,15,17). The lowest BCUT2D eigenvalue weighted by Crippen LogP contribution is -2.34. The third-order valence-electron chi connectivity index (χ3n) is 2.19. The third-order valence-corrected chi connectivity index (χ3v) is 2.19. The van der Waals surface area contributed by atoms with Crippen molar-refractivity contribution in [3.63, 3.8) is 0 Å². The lowest BCUT2D eigenvalue weighted by Gasteiger charge is -2.02. The summed E-state index contributed by atoms with van der Waals surface area (Å²) in [4.78, 5) is 10.9. The summed E-state index contributed by atoms with van der Waals surface area (Å²) < 4.78 is 19.9. The van der Waals surface area contributed by atoms with Gasteiger partial charge in [-0.1, -0.05) is 12.1 Å². The summed E-state index contributed by atoms with van der Waals surface area (Å²) in [6, 6.07) is 6.20. The zero-order chi connectivity index (χ0) is 13.0. The second-order valence-corrected chi connectivity index (χ2v) is 3.43. The number of carbonyl (C=O) groups excluding carboxylic acids is 1. The quantitative estimate of drug-likeness (QED) is 0.467. The van der Waals surface area contributed by atoms with Gasteiger partial charge in [0, 0.05) is 0 Å². The van der Waals surface area contributed by atoms with Crippen molar-refractivity contribution in [3.05, 3.63) is 42.5 Å². The van der Waals surface area contributed by atoms with E-state index in [1.807, 2.05) is 5.43 Å². The van der Waals surface area contributed by atoms with Crippen LogP contribution in [-0.4, -0.2) is 22.3 Å². The van der Waals surface area contributed by atoms with E-state index >= 15 is 0 Å². The molecule has 7 heteroatoms. The van der Waals surface area contributed by atoms with Crippen molar-refractivity contribution in [2.24, 2.45) is 5.84 Å². The molecule has 18 heavy (non-hydrogen) atoms. The van der Waals surface area contributed by atoms with Gasteiger partial charge in [-0.05, 0) is 12.1 Å². The molecular formula is C11H11FN4O2. The van der Waals surface area contributed by atoms with E-state index in [2.05, 4.69) is 5.10 Å². The van der Waals surface area contributed by atoms with Crippen LogP contribution < -0.4 is 16.0 Å². The molecule has 1 aromatic carbocycles. The Labute approximate surface area is 102 Å². The molecule has 2 rings (SSSR count). The number of hydrazine groups is 1. The number of nitrogens with zero attached hydrogens (tertiary/aromatic N) is 2. The summed E-state index contributed by atoms with van der Waals surface area (Å²) >= 11 is 0. The van der Waals surface area contributed by atoms with Crippen LogP contribution in [0, 0.1) is 5.82 Å². The maximum atomic E-state index is 13.5. The van der Waals surface area contributed by atoms with Crippen molar-refractivity contribution in [1.29, 1.82) is 0 Å². The molecule has 0 fully saturated rings. The first kappa shape index (κ1) is 12.1. The minimum atomic E-state index is -0.464. The highest BCUT2D eigenvalue weighted by Crippen LogP contribution is 2.15. The van der Waals surface area contributed by atoms with E-state index in [1.54, 1.807) is 18.2 Å². The van der Waals surface area contributed by atoms with E-state index < -0.39 is 11.7 Å². The second kappa shape index (κ2) is 5.28. The van der Waals surface area contributed by atoms with Gasteiger partial charge in [0.15, 0.2) is 12.4 Å². The molecule has 0 bridgehead atoms. The predicted molar refractivity (Wildman–Crippen MR) is 61.3 cm³/mol. The van der Waals surface area contributed by atoms with Gasteiger partial charge in [0.1, 0.15) is 11.5 Å². The van der Waals surface area contributed by atoms with Crippen molar-refractivity contribution in [2.45, 2.75) is 0 Å². The summed E-state index contributed by atoms with van der Waals surface area (Å²) in [5.41, 5.74) is 2.23. The normalized spacial score (nSPS) is 10.1. The van der Waals surface area contributed by atoms with E-state index in [9.17, 15) is 9.18 Å². The molecular weight excluding hydrogens is 239 g/mol. The van der Waals surface area contributed by atoms with E-state index in [0.717, 1.165) is 0 Å². The zero-order valence-electron chi connectivity index (χ0n) is 9.34. The van der Waals surface area contributed by atoms with Gasteiger partial charge in [-0.25, -0.2) is 14.9 Å². The third kappa shape index (κ3) is 2.64. The Hall–Kier alpha value is -2.41. The van der Waals surface area contributed by atoms with Crippen LogP contribution in [0.15, 0.2) is 36.7 Å². The maximum absolute atomic E-state index is 13.5. The molecule has 0 aliphatic carbocycles. The summed E-state index contributed by atoms with van der Waals surface area (Å²) in [5.74, 6) is 4.39. The van der Waals surface area contributed by atoms with E-state index in [0.29, 0.717) is 11.4 Å². The summed E-state index contributed by atoms with van der Waals surface area (Å²) in [7, 11) is 0. The van der Waals surface area contributed by atoms with Gasteiger partial charge in [-0.2, -0.15) is 5.10 Å². The molecule has 1 aromatic heterocycles. The Morgan fingerprint density at radius 2 is 2.28 bits per heavy atom. The van der Waals surface area contributed by atoms with Crippen LogP contribution in [0.4, 0.5) is 4.39 Å². The molecule has 1 heterocycles. The van der Waals surface area contributed by atoms with Crippen LogP contribution in [0.25, 0.3) is 5.69 Å². The van der Waals surface area contributed by atoms with Crippen molar-refractivity contribution in [3.8, 4) is 11.4 Å². The van der Waals surface area contributed by atoms with Crippen LogP contribution in [-0.2, 0) is 4.79 Å². The Kier molecular flexibility index (Phi) is 3.54. The summed E-state index contributed by atoms with van der Waals surface area (Å²) in [6.07, 6.45) is 2.86. The second-order valence-electron chi connectivity index (χ2n) is 3.43. The molecule has 0 radical (unpaired) electrons. The number of hydrogen-bond donors (Lipinski definition) is 2. The minimum absolute atomic E-state index is 0.223. The largest absolute Gasteiger partial charge is 0.480 e. The molecule has 0 spiro atoms. The summed E-state index contributed by atoms with van der Waals surface area (Å²) in [5, 5.41) is 3.94. The zero-order valence-corrected chi connectivity index (χ0v) is 9.34. The molecule has 94 valence electrons. The van der Waals surface area contributed by atoms with Gasteiger partial charge in [-0.15, -0.1) is 0 Å². The number of rotatable bonds is 4. The molecule has 0 atom stereocenters. The van der Waals surface area contributed by atoms with Crippen molar-refractivity contribution in [1.82, 2.24) is 15.2 Å². The van der Waals surface area contributed by atoms with Gasteiger partial charge in [-0.3, -0.25) is 10.2 Å². The van der Waals surface area contributed by atoms with Gasteiger partial charge in [0.25, 0.3) is 5.91 Å². The topological polar surface area (TPSA) is 82.2 Å². The fraction of sp³-hybridized carbons (Fsp3) is 0.0909. The van der Waals surface area contributed by atoms with Crippen LogP contribution in [0.2, 0.25) is 0 Å². The van der Waals surface area contributed by atoms with Crippen LogP contribution in [0.1, 0.15) is 0 Å². The summed E-state index contributed by atoms with van der Waals surface area (Å²) in [6.45, 7) is -0.223.